The van der Waals surface area contributed by atoms with Gasteiger partial charge in [-0.05, 0) is 100 Å². The first kappa shape index (κ1) is 40.7. The van der Waals surface area contributed by atoms with Crippen LogP contribution in [-0.2, 0) is 39.9 Å². The monoisotopic (exact) mass is 664 g/mol. The fraction of sp³-hybridized carbons (Fsp3) is 0.636. The molecular formula is C33H52N4O10. The second-order valence-corrected chi connectivity index (χ2v) is 14.6. The molecular weight excluding hydrogens is 612 g/mol. The van der Waals surface area contributed by atoms with Crippen molar-refractivity contribution in [3.05, 3.63) is 29.8 Å². The summed E-state index contributed by atoms with van der Waals surface area (Å²) in [6.07, 6.45) is -1.26. The van der Waals surface area contributed by atoms with E-state index >= 15 is 0 Å². The van der Waals surface area contributed by atoms with Gasteiger partial charge >= 0.3 is 18.0 Å². The van der Waals surface area contributed by atoms with Gasteiger partial charge in [0.05, 0.1) is 0 Å². The predicted octanol–water partition coefficient (Wildman–Crippen LogP) is 3.00. The third kappa shape index (κ3) is 17.2. The zero-order valence-electron chi connectivity index (χ0n) is 29.4. The van der Waals surface area contributed by atoms with Crippen LogP contribution in [0, 0.1) is 0 Å². The van der Waals surface area contributed by atoms with Crippen LogP contribution in [0.2, 0.25) is 0 Å². The molecule has 264 valence electrons. The summed E-state index contributed by atoms with van der Waals surface area (Å²) in [5.41, 5.74) is -2.99. The molecule has 4 amide bonds. The van der Waals surface area contributed by atoms with Crippen LogP contribution in [0.3, 0.4) is 0 Å². The average Bonchev–Trinajstić information content (AvgIpc) is 2.86. The number of ether oxygens (including phenoxy) is 3. The quantitative estimate of drug-likeness (QED) is 0.184. The Morgan fingerprint density at radius 3 is 1.77 bits per heavy atom. The van der Waals surface area contributed by atoms with Crippen molar-refractivity contribution in [2.24, 2.45) is 0 Å². The molecule has 0 aliphatic carbocycles. The molecule has 1 aromatic rings. The molecule has 14 nitrogen and oxygen atoms in total. The number of hydrogen-bond donors (Lipinski definition) is 5. The number of carboxylic acids is 1. The van der Waals surface area contributed by atoms with E-state index in [-0.39, 0.29) is 19.3 Å². The Hall–Kier alpha value is -4.36. The number of carbonyl (C=O) groups excluding carboxylic acids is 5. The maximum absolute atomic E-state index is 13.6. The number of alkyl carbamates (subject to hydrolysis) is 1. The number of amides is 4. The van der Waals surface area contributed by atoms with Crippen molar-refractivity contribution in [2.75, 3.05) is 6.54 Å². The molecule has 0 unspecified atom stereocenters. The van der Waals surface area contributed by atoms with Gasteiger partial charge in [-0.15, -0.1) is 0 Å². The third-order valence-electron chi connectivity index (χ3n) is 5.89. The number of aliphatic carboxylic acids is 1. The first-order valence-electron chi connectivity index (χ1n) is 15.4. The van der Waals surface area contributed by atoms with Crippen molar-refractivity contribution >= 4 is 35.8 Å². The van der Waals surface area contributed by atoms with Crippen LogP contribution in [0.1, 0.15) is 94.6 Å². The number of nitrogens with one attached hydrogen (secondary N) is 4. The average molecular weight is 665 g/mol. The van der Waals surface area contributed by atoms with Crippen molar-refractivity contribution in [1.29, 1.82) is 0 Å². The van der Waals surface area contributed by atoms with Gasteiger partial charge in [0.1, 0.15) is 46.7 Å². The highest BCUT2D eigenvalue weighted by molar-refractivity contribution is 5.96. The summed E-state index contributed by atoms with van der Waals surface area (Å²) in [4.78, 5) is 75.7. The third-order valence-corrected chi connectivity index (χ3v) is 5.89. The maximum Gasteiger partial charge on any atom is 0.408 e. The van der Waals surface area contributed by atoms with Gasteiger partial charge < -0.3 is 40.6 Å². The van der Waals surface area contributed by atoms with Gasteiger partial charge in [0, 0.05) is 12.8 Å². The molecule has 14 heteroatoms. The van der Waals surface area contributed by atoms with Crippen LogP contribution in [0.25, 0.3) is 0 Å². The van der Waals surface area contributed by atoms with Crippen molar-refractivity contribution < 1.29 is 48.1 Å². The smallest absolute Gasteiger partial charge is 0.408 e. The highest BCUT2D eigenvalue weighted by Crippen LogP contribution is 2.20. The standard InChI is InChI=1S/C33H52N4O10/c1-30(2,3)45-21-14-12-20(13-15-21)18-23(36-29(44)47-32(7,8)9)27(42)37-33(10,11)28(43)35-22(26(41)34-19-24(38)39)16-17-25(40)46-31(4,5)6/h12-15,22-23H,16-19H2,1-11H3,(H,34,41)(H,35,43)(H,36,44)(H,37,42)(H,38,39)/t22-,23-/m0/s1. The molecule has 1 rings (SSSR count). The molecule has 0 saturated carbocycles. The summed E-state index contributed by atoms with van der Waals surface area (Å²) in [5, 5.41) is 18.8. The normalized spacial score (nSPS) is 13.3. The molecule has 0 aliphatic heterocycles. The Labute approximate surface area is 277 Å². The maximum atomic E-state index is 13.6. The van der Waals surface area contributed by atoms with E-state index in [1.165, 1.54) is 13.8 Å². The second-order valence-electron chi connectivity index (χ2n) is 14.6. The zero-order chi connectivity index (χ0) is 36.4. The molecule has 2 atom stereocenters. The summed E-state index contributed by atoms with van der Waals surface area (Å²) in [5.74, 6) is -3.66. The van der Waals surface area contributed by atoms with Gasteiger partial charge in [-0.2, -0.15) is 0 Å². The molecule has 0 aliphatic rings. The molecule has 1 aromatic carbocycles. The number of carbonyl (C=O) groups is 6. The molecule has 0 fully saturated rings. The highest BCUT2D eigenvalue weighted by Gasteiger charge is 2.36. The van der Waals surface area contributed by atoms with Gasteiger partial charge in [-0.3, -0.25) is 24.0 Å². The molecule has 5 N–H and O–H groups in total. The van der Waals surface area contributed by atoms with E-state index in [0.29, 0.717) is 11.3 Å². The lowest BCUT2D eigenvalue weighted by atomic mass is 9.99. The topological polar surface area (TPSA) is 198 Å². The van der Waals surface area contributed by atoms with Crippen LogP contribution in [-0.4, -0.2) is 81.8 Å². The lowest BCUT2D eigenvalue weighted by Crippen LogP contribution is -2.62. The van der Waals surface area contributed by atoms with Crippen molar-refractivity contribution in [3.8, 4) is 5.75 Å². The molecule has 0 spiro atoms. The lowest BCUT2D eigenvalue weighted by molar-refractivity contribution is -0.155. The van der Waals surface area contributed by atoms with Gasteiger partial charge in [0.15, 0.2) is 0 Å². The van der Waals surface area contributed by atoms with Crippen LogP contribution in [0.15, 0.2) is 24.3 Å². The number of carboxylic acid groups (broad SMARTS) is 1. The minimum absolute atomic E-state index is 0.0364. The fourth-order valence-electron chi connectivity index (χ4n) is 3.94. The van der Waals surface area contributed by atoms with Gasteiger partial charge in [0.2, 0.25) is 17.7 Å². The van der Waals surface area contributed by atoms with Gasteiger partial charge in [-0.25, -0.2) is 4.79 Å². The van der Waals surface area contributed by atoms with E-state index in [2.05, 4.69) is 21.3 Å². The van der Waals surface area contributed by atoms with Crippen LogP contribution in [0.5, 0.6) is 5.75 Å². The Morgan fingerprint density at radius 2 is 1.28 bits per heavy atom. The van der Waals surface area contributed by atoms with E-state index in [0.717, 1.165) is 0 Å². The van der Waals surface area contributed by atoms with E-state index in [9.17, 15) is 28.8 Å². The van der Waals surface area contributed by atoms with Crippen LogP contribution < -0.4 is 26.0 Å². The summed E-state index contributed by atoms with van der Waals surface area (Å²) < 4.78 is 16.5. The number of esters is 1. The minimum Gasteiger partial charge on any atom is -0.488 e. The summed E-state index contributed by atoms with van der Waals surface area (Å²) >= 11 is 0. The number of rotatable bonds is 14. The largest absolute Gasteiger partial charge is 0.488 e. The van der Waals surface area contributed by atoms with Crippen molar-refractivity contribution in [1.82, 2.24) is 21.3 Å². The Balaban J connectivity index is 3.17. The lowest BCUT2D eigenvalue weighted by Gasteiger charge is -2.30. The first-order valence-corrected chi connectivity index (χ1v) is 15.4. The molecule has 0 radical (unpaired) electrons. The second kappa shape index (κ2) is 16.5. The summed E-state index contributed by atoms with van der Waals surface area (Å²) in [6.45, 7) is 17.9. The van der Waals surface area contributed by atoms with Crippen LogP contribution >= 0.6 is 0 Å². The molecule has 0 heterocycles. The zero-order valence-corrected chi connectivity index (χ0v) is 29.4. The predicted molar refractivity (Wildman–Crippen MR) is 174 cm³/mol. The minimum atomic E-state index is -1.63. The summed E-state index contributed by atoms with van der Waals surface area (Å²) in [7, 11) is 0. The Bertz CT molecular complexity index is 1270. The van der Waals surface area contributed by atoms with Crippen LogP contribution in [0.4, 0.5) is 4.79 Å². The first-order chi connectivity index (χ1) is 21.3. The van der Waals surface area contributed by atoms with Gasteiger partial charge in [-0.1, -0.05) is 12.1 Å². The van der Waals surface area contributed by atoms with E-state index in [1.54, 1.807) is 65.8 Å². The molecule has 0 aromatic heterocycles. The Morgan fingerprint density at radius 1 is 0.723 bits per heavy atom. The molecule has 0 saturated heterocycles. The van der Waals surface area contributed by atoms with E-state index in [1.807, 2.05) is 20.8 Å². The summed E-state index contributed by atoms with van der Waals surface area (Å²) in [6, 6.07) is 4.49. The van der Waals surface area contributed by atoms with E-state index < -0.39 is 76.7 Å². The van der Waals surface area contributed by atoms with Gasteiger partial charge in [0.25, 0.3) is 0 Å². The number of benzene rings is 1. The molecule has 0 bridgehead atoms. The Kier molecular flexibility index (Phi) is 14.2. The van der Waals surface area contributed by atoms with Crippen molar-refractivity contribution in [2.45, 2.75) is 130 Å². The van der Waals surface area contributed by atoms with E-state index in [4.69, 9.17) is 19.3 Å². The SMILES string of the molecule is CC(C)(C)OC(=O)CC[C@H](NC(=O)C(C)(C)NC(=O)[C@H](Cc1ccc(OC(C)(C)C)cc1)NC(=O)OC(C)(C)C)C(=O)NCC(=O)O. The molecule has 47 heavy (non-hydrogen) atoms. The highest BCUT2D eigenvalue weighted by atomic mass is 16.6. The van der Waals surface area contributed by atoms with Crippen molar-refractivity contribution in [3.63, 3.8) is 0 Å². The number of hydrogen-bond acceptors (Lipinski definition) is 9. The fourth-order valence-corrected chi connectivity index (χ4v) is 3.94.